The molecular formula is C40H36O17. The summed E-state index contributed by atoms with van der Waals surface area (Å²) in [7, 11) is 0. The normalized spacial score (nSPS) is 19.4. The van der Waals surface area contributed by atoms with Crippen molar-refractivity contribution in [2.45, 2.75) is 71.4 Å². The van der Waals surface area contributed by atoms with Gasteiger partial charge >= 0.3 is 29.8 Å². The molecule has 2 aliphatic rings. The molecule has 0 spiro atoms. The van der Waals surface area contributed by atoms with E-state index >= 15 is 0 Å². The molecule has 5 N–H and O–H groups in total. The Bertz CT molecular complexity index is 2310. The van der Waals surface area contributed by atoms with Gasteiger partial charge in [-0.05, 0) is 29.8 Å². The zero-order chi connectivity index (χ0) is 41.5. The third-order valence-electron chi connectivity index (χ3n) is 8.92. The van der Waals surface area contributed by atoms with E-state index in [1.54, 1.807) is 0 Å². The number of benzene rings is 4. The van der Waals surface area contributed by atoms with Crippen LogP contribution in [0.4, 0.5) is 0 Å². The van der Waals surface area contributed by atoms with Gasteiger partial charge in [0.1, 0.15) is 46.7 Å². The Morgan fingerprint density at radius 2 is 1.18 bits per heavy atom. The number of phenols is 4. The summed E-state index contributed by atoms with van der Waals surface area (Å²) in [6.07, 6.45) is -5.86. The molecular weight excluding hydrogens is 752 g/mol. The molecule has 5 unspecified atom stereocenters. The number of ether oxygens (including phenoxy) is 7. The van der Waals surface area contributed by atoms with Crippen LogP contribution in [0.5, 0.6) is 57.5 Å². The minimum Gasteiger partial charge on any atom is -0.508 e. The van der Waals surface area contributed by atoms with Gasteiger partial charge in [0.15, 0.2) is 35.2 Å². The Hall–Kier alpha value is -7.01. The molecule has 0 radical (unpaired) electrons. The fraction of sp³-hybridized carbons (Fsp3) is 0.275. The number of fused-ring (bicyclic) bond motifs is 2. The average molecular weight is 789 g/mol. The molecule has 4 aromatic carbocycles. The molecule has 0 aromatic heterocycles. The van der Waals surface area contributed by atoms with Crippen molar-refractivity contribution in [2.24, 2.45) is 0 Å². The minimum absolute atomic E-state index is 0.0904. The SMILES string of the molecule is CC(=O)Oc1ccc(C2Oc3c(c(OC(C)=O)cc(OC(C)=O)c3C3c4c(O)cc(O)cc4OC(c4ccc(O)c(O)c4)C3O)CC2OC(C)=O)cc1OC(C)=O. The first kappa shape index (κ1) is 39.7. The number of rotatable bonds is 8. The van der Waals surface area contributed by atoms with Crippen LogP contribution in [0.15, 0.2) is 54.6 Å². The van der Waals surface area contributed by atoms with Gasteiger partial charge in [-0.1, -0.05) is 12.1 Å². The van der Waals surface area contributed by atoms with E-state index in [1.807, 2.05) is 0 Å². The second-order valence-electron chi connectivity index (χ2n) is 13.2. The predicted octanol–water partition coefficient (Wildman–Crippen LogP) is 4.44. The molecule has 5 atom stereocenters. The van der Waals surface area contributed by atoms with Crippen molar-refractivity contribution >= 4 is 29.8 Å². The minimum atomic E-state index is -1.73. The van der Waals surface area contributed by atoms with E-state index < -0.39 is 83.2 Å². The molecule has 4 aromatic rings. The smallest absolute Gasteiger partial charge is 0.308 e. The molecule has 2 aliphatic heterocycles. The quantitative estimate of drug-likeness (QED) is 0.0940. The second-order valence-corrected chi connectivity index (χ2v) is 13.2. The molecule has 0 saturated carbocycles. The number of aliphatic hydroxyl groups excluding tert-OH is 1. The summed E-state index contributed by atoms with van der Waals surface area (Å²) < 4.78 is 40.3. The van der Waals surface area contributed by atoms with Gasteiger partial charge in [-0.15, -0.1) is 0 Å². The summed E-state index contributed by atoms with van der Waals surface area (Å²) in [5.74, 6) is -8.50. The molecule has 6 rings (SSSR count). The van der Waals surface area contributed by atoms with Crippen LogP contribution < -0.4 is 28.4 Å². The summed E-state index contributed by atoms with van der Waals surface area (Å²) in [5.41, 5.74) is 0.212. The first-order chi connectivity index (χ1) is 26.9. The lowest BCUT2D eigenvalue weighted by atomic mass is 9.77. The lowest BCUT2D eigenvalue weighted by Crippen LogP contribution is -2.38. The van der Waals surface area contributed by atoms with Crippen LogP contribution in [-0.4, -0.2) is 67.6 Å². The highest BCUT2D eigenvalue weighted by atomic mass is 16.6. The van der Waals surface area contributed by atoms with Crippen LogP contribution in [0.3, 0.4) is 0 Å². The average Bonchev–Trinajstić information content (AvgIpc) is 3.09. The van der Waals surface area contributed by atoms with E-state index in [2.05, 4.69) is 0 Å². The first-order valence-corrected chi connectivity index (χ1v) is 17.3. The van der Waals surface area contributed by atoms with Crippen molar-refractivity contribution in [1.29, 1.82) is 0 Å². The van der Waals surface area contributed by atoms with Crippen LogP contribution in [0.25, 0.3) is 0 Å². The molecule has 0 aliphatic carbocycles. The number of carbonyl (C=O) groups is 5. The Kier molecular flexibility index (Phi) is 10.9. The van der Waals surface area contributed by atoms with Gasteiger partial charge in [-0.2, -0.15) is 0 Å². The molecule has 0 saturated heterocycles. The molecule has 0 bridgehead atoms. The van der Waals surface area contributed by atoms with Gasteiger partial charge in [-0.3, -0.25) is 24.0 Å². The molecule has 17 heteroatoms. The van der Waals surface area contributed by atoms with E-state index in [9.17, 15) is 49.5 Å². The highest BCUT2D eigenvalue weighted by Gasteiger charge is 2.47. The lowest BCUT2D eigenvalue weighted by molar-refractivity contribution is -0.152. The van der Waals surface area contributed by atoms with Gasteiger partial charge in [0.2, 0.25) is 0 Å². The number of hydrogen-bond donors (Lipinski definition) is 5. The van der Waals surface area contributed by atoms with Gasteiger partial charge in [0.05, 0.1) is 5.92 Å². The standard InChI is InChI=1S/C40H36O17/c1-16(41)51-28-9-7-22(11-30(28)53-18(3)43)38-33(55-20(5)45)14-24-29(52-17(2)42)15-32(54-19(4)44)35(40(24)57-38)36-34-27(49)12-23(46)13-31(34)56-39(37(36)50)21-6-8-25(47)26(48)10-21/h6-13,15,33,36-39,46-50H,14H2,1-5H3. The van der Waals surface area contributed by atoms with Crippen molar-refractivity contribution in [3.63, 3.8) is 0 Å². The maximum absolute atomic E-state index is 12.7. The highest BCUT2D eigenvalue weighted by Crippen LogP contribution is 2.58. The van der Waals surface area contributed by atoms with Gasteiger partial charge in [-0.25, -0.2) is 0 Å². The Labute approximate surface area is 323 Å². The van der Waals surface area contributed by atoms with Gasteiger partial charge in [0, 0.05) is 81.5 Å². The summed E-state index contributed by atoms with van der Waals surface area (Å²) in [4.78, 5) is 61.6. The maximum atomic E-state index is 12.7. The van der Waals surface area contributed by atoms with E-state index in [0.717, 1.165) is 58.9 Å². The number of aliphatic hydroxyl groups is 1. The first-order valence-electron chi connectivity index (χ1n) is 17.3. The van der Waals surface area contributed by atoms with E-state index in [1.165, 1.54) is 30.3 Å². The van der Waals surface area contributed by atoms with Crippen molar-refractivity contribution in [3.05, 3.63) is 82.4 Å². The molecule has 17 nitrogen and oxygen atoms in total. The summed E-state index contributed by atoms with van der Waals surface area (Å²) >= 11 is 0. The zero-order valence-corrected chi connectivity index (χ0v) is 30.9. The van der Waals surface area contributed by atoms with Crippen molar-refractivity contribution in [2.75, 3.05) is 0 Å². The number of phenolic OH excluding ortho intramolecular Hbond substituents is 4. The Morgan fingerprint density at radius 1 is 0.579 bits per heavy atom. The van der Waals surface area contributed by atoms with Crippen LogP contribution in [-0.2, 0) is 35.1 Å². The molecule has 2 heterocycles. The highest BCUT2D eigenvalue weighted by molar-refractivity contribution is 5.77. The molecule has 0 fully saturated rings. The maximum Gasteiger partial charge on any atom is 0.308 e. The van der Waals surface area contributed by atoms with Crippen LogP contribution in [0, 0.1) is 0 Å². The summed E-state index contributed by atoms with van der Waals surface area (Å²) in [6, 6.07) is 11.1. The second kappa shape index (κ2) is 15.6. The third-order valence-corrected chi connectivity index (χ3v) is 8.92. The largest absolute Gasteiger partial charge is 0.508 e. The fourth-order valence-electron chi connectivity index (χ4n) is 6.92. The van der Waals surface area contributed by atoms with Crippen molar-refractivity contribution in [3.8, 4) is 57.5 Å². The van der Waals surface area contributed by atoms with Crippen LogP contribution >= 0.6 is 0 Å². The topological polar surface area (TPSA) is 251 Å². The molecule has 0 amide bonds. The number of carbonyl (C=O) groups excluding carboxylic acids is 5. The summed E-state index contributed by atoms with van der Waals surface area (Å²) in [5, 5.41) is 54.6. The summed E-state index contributed by atoms with van der Waals surface area (Å²) in [6.45, 7) is 5.62. The van der Waals surface area contributed by atoms with Crippen LogP contribution in [0.2, 0.25) is 0 Å². The van der Waals surface area contributed by atoms with E-state index in [0.29, 0.717) is 0 Å². The van der Waals surface area contributed by atoms with Crippen molar-refractivity contribution < 1.29 is 82.7 Å². The Morgan fingerprint density at radius 3 is 1.81 bits per heavy atom. The number of hydrogen-bond acceptors (Lipinski definition) is 17. The number of esters is 5. The monoisotopic (exact) mass is 788 g/mol. The van der Waals surface area contributed by atoms with E-state index in [4.69, 9.17) is 33.2 Å². The van der Waals surface area contributed by atoms with E-state index in [-0.39, 0.29) is 68.7 Å². The zero-order valence-electron chi connectivity index (χ0n) is 30.9. The molecule has 298 valence electrons. The van der Waals surface area contributed by atoms with Gasteiger partial charge in [0.25, 0.3) is 0 Å². The fourth-order valence-corrected chi connectivity index (χ4v) is 6.92. The lowest BCUT2D eigenvalue weighted by Gasteiger charge is -2.41. The predicted molar refractivity (Wildman–Crippen MR) is 192 cm³/mol. The Balaban J connectivity index is 1.65. The third kappa shape index (κ3) is 8.18. The van der Waals surface area contributed by atoms with Crippen LogP contribution in [0.1, 0.15) is 80.6 Å². The number of aromatic hydroxyl groups is 4. The van der Waals surface area contributed by atoms with Gasteiger partial charge < -0.3 is 58.7 Å². The van der Waals surface area contributed by atoms with Crippen molar-refractivity contribution in [1.82, 2.24) is 0 Å². The molecule has 57 heavy (non-hydrogen) atoms.